The highest BCUT2D eigenvalue weighted by Crippen LogP contribution is 2.29. The lowest BCUT2D eigenvalue weighted by Gasteiger charge is -2.22. The lowest BCUT2D eigenvalue weighted by Crippen LogP contribution is -2.51. The molecule has 4 unspecified atom stereocenters. The molecule has 0 aromatic carbocycles. The van der Waals surface area contributed by atoms with Gasteiger partial charge in [-0.15, -0.1) is 0 Å². The van der Waals surface area contributed by atoms with Gasteiger partial charge in [-0.3, -0.25) is 0 Å². The minimum absolute atomic E-state index is 0.0785. The Morgan fingerprint density at radius 2 is 2.05 bits per heavy atom. The van der Waals surface area contributed by atoms with E-state index in [1.807, 2.05) is 25.6 Å². The Balaban J connectivity index is 2.41. The van der Waals surface area contributed by atoms with Crippen LogP contribution in [0.15, 0.2) is 0 Å². The van der Waals surface area contributed by atoms with Crippen molar-refractivity contribution in [3.63, 3.8) is 0 Å². The molecule has 6 heteroatoms. The number of carboxylic acid groups (broad SMARTS) is 1. The number of carbonyl (C=O) groups is 2. The van der Waals surface area contributed by atoms with E-state index >= 15 is 0 Å². The molecule has 1 aliphatic rings. The molecule has 1 rings (SSSR count). The highest BCUT2D eigenvalue weighted by atomic mass is 32.2. The first-order valence-electron chi connectivity index (χ1n) is 7.39. The molecule has 1 saturated carbocycles. The molecule has 0 aromatic heterocycles. The number of hydrogen-bond acceptors (Lipinski definition) is 3. The number of hydrogen-bond donors (Lipinski definition) is 3. The number of urea groups is 1. The van der Waals surface area contributed by atoms with Gasteiger partial charge >= 0.3 is 12.0 Å². The Kier molecular flexibility index (Phi) is 7.19. The summed E-state index contributed by atoms with van der Waals surface area (Å²) in [4.78, 5) is 23.1. The van der Waals surface area contributed by atoms with E-state index in [1.54, 1.807) is 0 Å². The van der Waals surface area contributed by atoms with E-state index in [0.29, 0.717) is 5.25 Å². The Labute approximate surface area is 125 Å². The molecular weight excluding hydrogens is 276 g/mol. The fourth-order valence-corrected chi connectivity index (χ4v) is 3.65. The fourth-order valence-electron chi connectivity index (χ4n) is 2.51. The molecule has 2 amide bonds. The first-order valence-corrected chi connectivity index (χ1v) is 8.44. The van der Waals surface area contributed by atoms with Crippen LogP contribution in [0.4, 0.5) is 4.79 Å². The maximum atomic E-state index is 11.9. The maximum Gasteiger partial charge on any atom is 0.326 e. The second-order valence-corrected chi connectivity index (χ2v) is 6.98. The molecule has 3 N–H and O–H groups in total. The Morgan fingerprint density at radius 3 is 2.60 bits per heavy atom. The van der Waals surface area contributed by atoms with Gasteiger partial charge in [0.15, 0.2) is 0 Å². The summed E-state index contributed by atoms with van der Waals surface area (Å²) >= 11 is 1.93. The number of aliphatic carboxylic acids is 1. The van der Waals surface area contributed by atoms with Crippen LogP contribution in [0.1, 0.15) is 46.5 Å². The van der Waals surface area contributed by atoms with E-state index in [9.17, 15) is 9.59 Å². The summed E-state index contributed by atoms with van der Waals surface area (Å²) < 4.78 is 0. The monoisotopic (exact) mass is 302 g/mol. The van der Waals surface area contributed by atoms with Crippen molar-refractivity contribution in [1.29, 1.82) is 0 Å². The molecular formula is C14H26N2O3S. The standard InChI is InChI=1S/C14H26N2O3S/c1-4-9(3)12(13(17)18)16-14(19)15-10-6-7-11(8-10)20-5-2/h9-12H,4-8H2,1-3H3,(H,17,18)(H2,15,16,19). The summed E-state index contributed by atoms with van der Waals surface area (Å²) in [7, 11) is 0. The number of nitrogens with one attached hydrogen (secondary N) is 2. The van der Waals surface area contributed by atoms with Gasteiger partial charge in [0.05, 0.1) is 0 Å². The van der Waals surface area contributed by atoms with E-state index in [4.69, 9.17) is 5.11 Å². The van der Waals surface area contributed by atoms with Crippen molar-refractivity contribution in [1.82, 2.24) is 10.6 Å². The zero-order valence-electron chi connectivity index (χ0n) is 12.5. The third kappa shape index (κ3) is 5.23. The molecule has 5 nitrogen and oxygen atoms in total. The first kappa shape index (κ1) is 17.1. The van der Waals surface area contributed by atoms with Crippen molar-refractivity contribution in [3.8, 4) is 0 Å². The van der Waals surface area contributed by atoms with E-state index in [2.05, 4.69) is 17.6 Å². The molecule has 0 aliphatic heterocycles. The normalized spacial score (nSPS) is 24.9. The van der Waals surface area contributed by atoms with Crippen LogP contribution in [0.5, 0.6) is 0 Å². The largest absolute Gasteiger partial charge is 0.480 e. The van der Waals surface area contributed by atoms with Crippen LogP contribution in [-0.4, -0.2) is 40.2 Å². The summed E-state index contributed by atoms with van der Waals surface area (Å²) in [5.74, 6) is 0.0455. The zero-order valence-corrected chi connectivity index (χ0v) is 13.3. The van der Waals surface area contributed by atoms with Crippen molar-refractivity contribution in [3.05, 3.63) is 0 Å². The van der Waals surface area contributed by atoms with Gasteiger partial charge in [-0.25, -0.2) is 9.59 Å². The first-order chi connectivity index (χ1) is 9.47. The minimum atomic E-state index is -0.972. The number of carbonyl (C=O) groups excluding carboxylic acids is 1. The second kappa shape index (κ2) is 8.39. The third-order valence-corrected chi connectivity index (χ3v) is 5.12. The lowest BCUT2D eigenvalue weighted by atomic mass is 9.99. The van der Waals surface area contributed by atoms with Gasteiger partial charge in [0.25, 0.3) is 0 Å². The van der Waals surface area contributed by atoms with Crippen molar-refractivity contribution in [2.45, 2.75) is 63.8 Å². The van der Waals surface area contributed by atoms with Crippen LogP contribution in [0.3, 0.4) is 0 Å². The average Bonchev–Trinajstić information content (AvgIpc) is 2.82. The quantitative estimate of drug-likeness (QED) is 0.675. The summed E-state index contributed by atoms with van der Waals surface area (Å²) in [6.07, 6.45) is 3.80. The van der Waals surface area contributed by atoms with Crippen molar-refractivity contribution < 1.29 is 14.7 Å². The molecule has 116 valence electrons. The maximum absolute atomic E-state index is 11.9. The van der Waals surface area contributed by atoms with Crippen LogP contribution in [0.25, 0.3) is 0 Å². The Bertz CT molecular complexity index is 338. The molecule has 4 atom stereocenters. The SMILES string of the molecule is CCSC1CCC(NC(=O)NC(C(=O)O)C(C)CC)C1. The smallest absolute Gasteiger partial charge is 0.326 e. The van der Waals surface area contributed by atoms with E-state index in [-0.39, 0.29) is 18.0 Å². The van der Waals surface area contributed by atoms with Gasteiger partial charge < -0.3 is 15.7 Å². The Hall–Kier alpha value is -0.910. The fraction of sp³-hybridized carbons (Fsp3) is 0.857. The van der Waals surface area contributed by atoms with Crippen LogP contribution >= 0.6 is 11.8 Å². The molecule has 0 heterocycles. The molecule has 0 bridgehead atoms. The van der Waals surface area contributed by atoms with E-state index in [0.717, 1.165) is 31.4 Å². The number of carboxylic acids is 1. The molecule has 1 aliphatic carbocycles. The number of thioether (sulfide) groups is 1. The van der Waals surface area contributed by atoms with Crippen molar-refractivity contribution in [2.75, 3.05) is 5.75 Å². The number of amides is 2. The van der Waals surface area contributed by atoms with Crippen LogP contribution in [0.2, 0.25) is 0 Å². The van der Waals surface area contributed by atoms with Crippen LogP contribution in [0, 0.1) is 5.92 Å². The van der Waals surface area contributed by atoms with Crippen molar-refractivity contribution in [2.24, 2.45) is 5.92 Å². The number of rotatable bonds is 7. The molecule has 20 heavy (non-hydrogen) atoms. The molecule has 0 aromatic rings. The minimum Gasteiger partial charge on any atom is -0.480 e. The molecule has 1 fully saturated rings. The van der Waals surface area contributed by atoms with Crippen LogP contribution < -0.4 is 10.6 Å². The highest BCUT2D eigenvalue weighted by Gasteiger charge is 2.29. The predicted octanol–water partition coefficient (Wildman–Crippen LogP) is 2.46. The summed E-state index contributed by atoms with van der Waals surface area (Å²) in [5, 5.41) is 15.3. The highest BCUT2D eigenvalue weighted by molar-refractivity contribution is 7.99. The molecule has 0 saturated heterocycles. The summed E-state index contributed by atoms with van der Waals surface area (Å²) in [6.45, 7) is 5.90. The Morgan fingerprint density at radius 1 is 1.35 bits per heavy atom. The zero-order chi connectivity index (χ0) is 15.1. The van der Waals surface area contributed by atoms with E-state index < -0.39 is 12.0 Å². The molecule has 0 radical (unpaired) electrons. The average molecular weight is 302 g/mol. The predicted molar refractivity (Wildman–Crippen MR) is 82.1 cm³/mol. The summed E-state index contributed by atoms with van der Waals surface area (Å²) in [5.41, 5.74) is 0. The van der Waals surface area contributed by atoms with Gasteiger partial charge in [-0.2, -0.15) is 11.8 Å². The van der Waals surface area contributed by atoms with E-state index in [1.165, 1.54) is 0 Å². The second-order valence-electron chi connectivity index (χ2n) is 5.41. The lowest BCUT2D eigenvalue weighted by molar-refractivity contribution is -0.140. The van der Waals surface area contributed by atoms with Gasteiger partial charge in [0.1, 0.15) is 6.04 Å². The van der Waals surface area contributed by atoms with Crippen LogP contribution in [-0.2, 0) is 4.79 Å². The van der Waals surface area contributed by atoms with Gasteiger partial charge in [0, 0.05) is 11.3 Å². The topological polar surface area (TPSA) is 78.4 Å². The van der Waals surface area contributed by atoms with Gasteiger partial charge in [-0.05, 0) is 30.9 Å². The van der Waals surface area contributed by atoms with Crippen molar-refractivity contribution >= 4 is 23.8 Å². The van der Waals surface area contributed by atoms with Gasteiger partial charge in [-0.1, -0.05) is 27.2 Å². The molecule has 0 spiro atoms. The van der Waals surface area contributed by atoms with Gasteiger partial charge in [0.2, 0.25) is 0 Å². The third-order valence-electron chi connectivity index (χ3n) is 3.89. The summed E-state index contributed by atoms with van der Waals surface area (Å²) in [6, 6.07) is -1.00.